The molecule has 0 saturated heterocycles. The minimum atomic E-state index is 0.384. The van der Waals surface area contributed by atoms with E-state index >= 15 is 0 Å². The average Bonchev–Trinajstić information content (AvgIpc) is 2.63. The lowest BCUT2D eigenvalue weighted by atomic mass is 10.2. The van der Waals surface area contributed by atoms with Gasteiger partial charge < -0.3 is 10.5 Å². The van der Waals surface area contributed by atoms with E-state index in [0.29, 0.717) is 12.1 Å². The van der Waals surface area contributed by atoms with Crippen molar-refractivity contribution in [1.29, 1.82) is 0 Å². The summed E-state index contributed by atoms with van der Waals surface area (Å²) in [4.78, 5) is 0. The molecular formula is C12H18NO+. The Balaban J connectivity index is 1.82. The van der Waals surface area contributed by atoms with E-state index in [9.17, 15) is 0 Å². The quantitative estimate of drug-likeness (QED) is 0.771. The molecule has 1 fully saturated rings. The van der Waals surface area contributed by atoms with E-state index in [1.54, 1.807) is 0 Å². The van der Waals surface area contributed by atoms with Crippen molar-refractivity contribution in [2.24, 2.45) is 0 Å². The highest BCUT2D eigenvalue weighted by Gasteiger charge is 2.27. The number of hydrogen-bond donors (Lipinski definition) is 1. The SMILES string of the molecule is [NH3+][C@@H]1CCC[C@H]1OCc1ccccc1. The summed E-state index contributed by atoms with van der Waals surface area (Å²) in [7, 11) is 0. The molecule has 76 valence electrons. The van der Waals surface area contributed by atoms with Gasteiger partial charge in [-0.2, -0.15) is 0 Å². The number of quaternary nitrogens is 1. The molecule has 0 radical (unpaired) electrons. The number of hydrogen-bond acceptors (Lipinski definition) is 1. The van der Waals surface area contributed by atoms with Crippen LogP contribution in [0.3, 0.4) is 0 Å². The number of rotatable bonds is 3. The van der Waals surface area contributed by atoms with Gasteiger partial charge in [-0.3, -0.25) is 0 Å². The summed E-state index contributed by atoms with van der Waals surface area (Å²) in [5.74, 6) is 0. The van der Waals surface area contributed by atoms with Gasteiger partial charge in [0.05, 0.1) is 6.61 Å². The molecular weight excluding hydrogens is 174 g/mol. The minimum Gasteiger partial charge on any atom is -0.367 e. The van der Waals surface area contributed by atoms with Gasteiger partial charge in [-0.25, -0.2) is 0 Å². The molecule has 2 nitrogen and oxygen atoms in total. The molecule has 2 heteroatoms. The van der Waals surface area contributed by atoms with Crippen LogP contribution in [-0.4, -0.2) is 12.1 Å². The largest absolute Gasteiger partial charge is 0.367 e. The van der Waals surface area contributed by atoms with Crippen LogP contribution in [0.2, 0.25) is 0 Å². The van der Waals surface area contributed by atoms with Gasteiger partial charge in [0.2, 0.25) is 0 Å². The predicted molar refractivity (Wildman–Crippen MR) is 55.5 cm³/mol. The summed E-state index contributed by atoms with van der Waals surface area (Å²) >= 11 is 0. The van der Waals surface area contributed by atoms with Gasteiger partial charge in [0.1, 0.15) is 12.1 Å². The number of ether oxygens (including phenoxy) is 1. The zero-order valence-electron chi connectivity index (χ0n) is 8.49. The van der Waals surface area contributed by atoms with E-state index < -0.39 is 0 Å². The zero-order chi connectivity index (χ0) is 9.80. The van der Waals surface area contributed by atoms with Crippen LogP contribution in [0.1, 0.15) is 24.8 Å². The molecule has 0 heterocycles. The van der Waals surface area contributed by atoms with E-state index in [0.717, 1.165) is 6.61 Å². The van der Waals surface area contributed by atoms with Gasteiger partial charge in [-0.15, -0.1) is 0 Å². The minimum absolute atomic E-state index is 0.384. The van der Waals surface area contributed by atoms with Crippen LogP contribution < -0.4 is 5.73 Å². The lowest BCUT2D eigenvalue weighted by Gasteiger charge is -2.13. The second-order valence-electron chi connectivity index (χ2n) is 4.03. The zero-order valence-corrected chi connectivity index (χ0v) is 8.49. The third-order valence-corrected chi connectivity index (χ3v) is 2.90. The van der Waals surface area contributed by atoms with Gasteiger partial charge >= 0.3 is 0 Å². The summed E-state index contributed by atoms with van der Waals surface area (Å²) in [6.45, 7) is 0.734. The number of benzene rings is 1. The Morgan fingerprint density at radius 2 is 2.00 bits per heavy atom. The van der Waals surface area contributed by atoms with Crippen molar-refractivity contribution in [3.8, 4) is 0 Å². The first-order chi connectivity index (χ1) is 6.86. The second kappa shape index (κ2) is 4.58. The predicted octanol–water partition coefficient (Wildman–Crippen LogP) is 1.37. The standard InChI is InChI=1S/C12H17NO/c13-11-7-4-8-12(11)14-9-10-5-2-1-3-6-10/h1-3,5-6,11-12H,4,7-9,13H2/p+1/t11-,12-/m1/s1. The first kappa shape index (κ1) is 9.69. The highest BCUT2D eigenvalue weighted by atomic mass is 16.5. The Labute approximate surface area is 85.1 Å². The molecule has 2 rings (SSSR count). The molecule has 3 N–H and O–H groups in total. The van der Waals surface area contributed by atoms with E-state index in [1.165, 1.54) is 24.8 Å². The van der Waals surface area contributed by atoms with E-state index in [1.807, 2.05) is 6.07 Å². The first-order valence-electron chi connectivity index (χ1n) is 5.35. The van der Waals surface area contributed by atoms with E-state index in [2.05, 4.69) is 30.0 Å². The Morgan fingerprint density at radius 3 is 2.64 bits per heavy atom. The molecule has 0 bridgehead atoms. The maximum Gasteiger partial charge on any atom is 0.111 e. The fraction of sp³-hybridized carbons (Fsp3) is 0.500. The second-order valence-corrected chi connectivity index (χ2v) is 4.03. The van der Waals surface area contributed by atoms with E-state index in [-0.39, 0.29) is 0 Å². The third kappa shape index (κ3) is 2.34. The molecule has 1 aromatic rings. The molecule has 2 atom stereocenters. The van der Waals surface area contributed by atoms with Gasteiger partial charge in [0.25, 0.3) is 0 Å². The Kier molecular flexibility index (Phi) is 3.17. The van der Waals surface area contributed by atoms with Crippen LogP contribution in [0.4, 0.5) is 0 Å². The van der Waals surface area contributed by atoms with Crippen molar-refractivity contribution in [3.63, 3.8) is 0 Å². The van der Waals surface area contributed by atoms with Gasteiger partial charge in [-0.05, 0) is 18.4 Å². The first-order valence-corrected chi connectivity index (χ1v) is 5.35. The summed E-state index contributed by atoms with van der Waals surface area (Å²) in [5.41, 5.74) is 5.36. The normalized spacial score (nSPS) is 26.6. The van der Waals surface area contributed by atoms with Crippen LogP contribution in [0.15, 0.2) is 30.3 Å². The highest BCUT2D eigenvalue weighted by Crippen LogP contribution is 2.20. The van der Waals surface area contributed by atoms with Crippen LogP contribution in [0, 0.1) is 0 Å². The molecule has 0 aromatic heterocycles. The summed E-state index contributed by atoms with van der Waals surface area (Å²) in [5, 5.41) is 0. The van der Waals surface area contributed by atoms with Crippen LogP contribution in [0.5, 0.6) is 0 Å². The topological polar surface area (TPSA) is 36.9 Å². The lowest BCUT2D eigenvalue weighted by Crippen LogP contribution is -2.64. The Hall–Kier alpha value is -0.860. The molecule has 14 heavy (non-hydrogen) atoms. The average molecular weight is 192 g/mol. The molecule has 0 aliphatic heterocycles. The molecule has 1 saturated carbocycles. The lowest BCUT2D eigenvalue weighted by molar-refractivity contribution is -0.434. The van der Waals surface area contributed by atoms with E-state index in [4.69, 9.17) is 4.74 Å². The van der Waals surface area contributed by atoms with Gasteiger partial charge in [0.15, 0.2) is 0 Å². The molecule has 0 spiro atoms. The third-order valence-electron chi connectivity index (χ3n) is 2.90. The monoisotopic (exact) mass is 192 g/mol. The maximum absolute atomic E-state index is 5.84. The smallest absolute Gasteiger partial charge is 0.111 e. The van der Waals surface area contributed by atoms with Gasteiger partial charge in [0, 0.05) is 6.42 Å². The fourth-order valence-electron chi connectivity index (χ4n) is 2.00. The molecule has 0 unspecified atom stereocenters. The Bertz CT molecular complexity index is 273. The van der Waals surface area contributed by atoms with Crippen molar-refractivity contribution in [2.75, 3.05) is 0 Å². The van der Waals surface area contributed by atoms with Crippen molar-refractivity contribution < 1.29 is 10.5 Å². The molecule has 1 aromatic carbocycles. The van der Waals surface area contributed by atoms with Crippen LogP contribution in [0.25, 0.3) is 0 Å². The van der Waals surface area contributed by atoms with Crippen LogP contribution >= 0.6 is 0 Å². The van der Waals surface area contributed by atoms with Crippen molar-refractivity contribution in [2.45, 2.75) is 38.0 Å². The van der Waals surface area contributed by atoms with Crippen molar-refractivity contribution in [1.82, 2.24) is 0 Å². The maximum atomic E-state index is 5.84. The fourth-order valence-corrected chi connectivity index (χ4v) is 2.00. The molecule has 1 aliphatic carbocycles. The van der Waals surface area contributed by atoms with Crippen LogP contribution in [-0.2, 0) is 11.3 Å². The summed E-state index contributed by atoms with van der Waals surface area (Å²) in [6.07, 6.45) is 4.06. The van der Waals surface area contributed by atoms with Crippen molar-refractivity contribution in [3.05, 3.63) is 35.9 Å². The summed E-state index contributed by atoms with van der Waals surface area (Å²) < 4.78 is 5.84. The van der Waals surface area contributed by atoms with Crippen molar-refractivity contribution >= 4 is 0 Å². The molecule has 0 amide bonds. The molecule has 1 aliphatic rings. The highest BCUT2D eigenvalue weighted by molar-refractivity contribution is 5.13. The Morgan fingerprint density at radius 1 is 1.21 bits per heavy atom. The summed E-state index contributed by atoms with van der Waals surface area (Å²) in [6, 6.07) is 10.8. The van der Waals surface area contributed by atoms with Gasteiger partial charge in [-0.1, -0.05) is 30.3 Å².